The molecule has 1 N–H and O–H groups in total. The van der Waals surface area contributed by atoms with E-state index < -0.39 is 6.10 Å². The molecule has 0 spiro atoms. The summed E-state index contributed by atoms with van der Waals surface area (Å²) < 4.78 is 24.2. The van der Waals surface area contributed by atoms with Gasteiger partial charge in [-0.25, -0.2) is 4.39 Å². The van der Waals surface area contributed by atoms with Crippen molar-refractivity contribution < 1.29 is 23.8 Å². The maximum Gasteiger partial charge on any atom is 0.237 e. The van der Waals surface area contributed by atoms with Gasteiger partial charge in [-0.2, -0.15) is 0 Å². The van der Waals surface area contributed by atoms with Gasteiger partial charge in [0.15, 0.2) is 0 Å². The number of carbonyl (C=O) groups excluding carboxylic acids is 1. The minimum absolute atomic E-state index is 0.0163. The number of methoxy groups -OCH3 is 1. The van der Waals surface area contributed by atoms with Gasteiger partial charge >= 0.3 is 0 Å². The molecule has 0 bridgehead atoms. The molecule has 1 aromatic carbocycles. The molecule has 2 heterocycles. The number of rotatable bonds is 11. The average molecular weight is 451 g/mol. The first-order chi connectivity index (χ1) is 15.0. The van der Waals surface area contributed by atoms with Crippen molar-refractivity contribution in [2.24, 2.45) is 0 Å². The van der Waals surface area contributed by atoms with Crippen LogP contribution in [0.3, 0.4) is 0 Å². The second-order valence-electron chi connectivity index (χ2n) is 7.85. The molecule has 1 aliphatic rings. The highest BCUT2D eigenvalue weighted by atomic mass is 32.1. The number of hydrogen-bond acceptors (Lipinski definition) is 6. The monoisotopic (exact) mass is 450 g/mol. The van der Waals surface area contributed by atoms with E-state index in [1.54, 1.807) is 37.5 Å². The summed E-state index contributed by atoms with van der Waals surface area (Å²) in [4.78, 5) is 18.4. The number of carbonyl (C=O) groups is 1. The van der Waals surface area contributed by atoms with Crippen LogP contribution >= 0.6 is 11.3 Å². The van der Waals surface area contributed by atoms with Gasteiger partial charge < -0.3 is 19.5 Å². The maximum atomic E-state index is 13.3. The summed E-state index contributed by atoms with van der Waals surface area (Å²) in [6, 6.07) is 7.79. The quantitative estimate of drug-likeness (QED) is 0.533. The van der Waals surface area contributed by atoms with E-state index in [9.17, 15) is 14.3 Å². The molecule has 2 aromatic rings. The zero-order valence-electron chi connectivity index (χ0n) is 18.1. The van der Waals surface area contributed by atoms with Crippen LogP contribution < -0.4 is 4.74 Å². The molecule has 31 heavy (non-hydrogen) atoms. The Hall–Kier alpha value is -2.00. The number of aliphatic hydroxyl groups excluding tert-OH is 1. The van der Waals surface area contributed by atoms with Crippen molar-refractivity contribution in [3.8, 4) is 5.75 Å². The van der Waals surface area contributed by atoms with Gasteiger partial charge in [-0.05, 0) is 61.0 Å². The van der Waals surface area contributed by atoms with Crippen molar-refractivity contribution in [1.82, 2.24) is 9.80 Å². The number of benzene rings is 1. The van der Waals surface area contributed by atoms with Crippen LogP contribution in [0.25, 0.3) is 0 Å². The number of amides is 1. The highest BCUT2D eigenvalue weighted by Crippen LogP contribution is 2.34. The van der Waals surface area contributed by atoms with E-state index in [1.165, 1.54) is 17.0 Å². The number of fused-ring (bicyclic) bond motifs is 1. The lowest BCUT2D eigenvalue weighted by Crippen LogP contribution is -2.47. The van der Waals surface area contributed by atoms with Crippen molar-refractivity contribution in [3.05, 3.63) is 52.0 Å². The normalized spacial score (nSPS) is 16.9. The second kappa shape index (κ2) is 11.6. The Morgan fingerprint density at radius 1 is 1.35 bits per heavy atom. The van der Waals surface area contributed by atoms with Crippen LogP contribution in [0.15, 0.2) is 35.7 Å². The van der Waals surface area contributed by atoms with E-state index in [2.05, 4.69) is 6.07 Å². The SMILES string of the molecule is COCCCN(CC(=O)N1CCc2sccc2[C@@H]1COc1ccc(F)cc1)C[C@H](C)O. The molecule has 6 nitrogen and oxygen atoms in total. The number of halogens is 1. The van der Waals surface area contributed by atoms with Crippen molar-refractivity contribution in [2.75, 3.05) is 46.5 Å². The molecule has 2 atom stereocenters. The van der Waals surface area contributed by atoms with E-state index in [0.717, 1.165) is 18.4 Å². The maximum absolute atomic E-state index is 13.3. The Morgan fingerprint density at radius 2 is 2.13 bits per heavy atom. The number of nitrogens with zero attached hydrogens (tertiary/aromatic N) is 2. The molecule has 0 aliphatic carbocycles. The van der Waals surface area contributed by atoms with Crippen LogP contribution in [-0.2, 0) is 16.0 Å². The van der Waals surface area contributed by atoms with Gasteiger partial charge in [0, 0.05) is 38.2 Å². The number of thiophene rings is 1. The molecule has 8 heteroatoms. The fraction of sp³-hybridized carbons (Fsp3) is 0.522. The first-order valence-corrected chi connectivity index (χ1v) is 11.5. The zero-order valence-corrected chi connectivity index (χ0v) is 18.9. The topological polar surface area (TPSA) is 62.2 Å². The molecule has 0 unspecified atom stereocenters. The summed E-state index contributed by atoms with van der Waals surface area (Å²) in [7, 11) is 1.65. The van der Waals surface area contributed by atoms with Crippen LogP contribution in [0.1, 0.15) is 29.8 Å². The van der Waals surface area contributed by atoms with Gasteiger partial charge in [-0.1, -0.05) is 0 Å². The largest absolute Gasteiger partial charge is 0.491 e. The Bertz CT molecular complexity index is 827. The van der Waals surface area contributed by atoms with Crippen molar-refractivity contribution >= 4 is 17.2 Å². The van der Waals surface area contributed by atoms with Crippen molar-refractivity contribution in [1.29, 1.82) is 0 Å². The summed E-state index contributed by atoms with van der Waals surface area (Å²) in [6.07, 6.45) is 1.10. The van der Waals surface area contributed by atoms with Gasteiger partial charge in [-0.3, -0.25) is 9.69 Å². The highest BCUT2D eigenvalue weighted by molar-refractivity contribution is 7.10. The third-order valence-electron chi connectivity index (χ3n) is 5.34. The third kappa shape index (κ3) is 6.74. The Balaban J connectivity index is 1.70. The minimum atomic E-state index is -0.516. The van der Waals surface area contributed by atoms with Crippen molar-refractivity contribution in [3.63, 3.8) is 0 Å². The van der Waals surface area contributed by atoms with Crippen LogP contribution in [-0.4, -0.2) is 73.4 Å². The van der Waals surface area contributed by atoms with E-state index in [4.69, 9.17) is 9.47 Å². The predicted molar refractivity (Wildman–Crippen MR) is 119 cm³/mol. The van der Waals surface area contributed by atoms with Crippen LogP contribution in [0.2, 0.25) is 0 Å². The highest BCUT2D eigenvalue weighted by Gasteiger charge is 2.32. The second-order valence-corrected chi connectivity index (χ2v) is 8.85. The Kier molecular flexibility index (Phi) is 8.83. The van der Waals surface area contributed by atoms with Gasteiger partial charge in [0.2, 0.25) is 5.91 Å². The minimum Gasteiger partial charge on any atom is -0.491 e. The Morgan fingerprint density at radius 3 is 2.84 bits per heavy atom. The first-order valence-electron chi connectivity index (χ1n) is 10.6. The molecule has 0 saturated heterocycles. The molecule has 1 aliphatic heterocycles. The van der Waals surface area contributed by atoms with Gasteiger partial charge in [-0.15, -0.1) is 11.3 Å². The van der Waals surface area contributed by atoms with E-state index >= 15 is 0 Å². The summed E-state index contributed by atoms with van der Waals surface area (Å²) in [6.45, 7) is 4.63. The van der Waals surface area contributed by atoms with Crippen LogP contribution in [0.5, 0.6) is 5.75 Å². The summed E-state index contributed by atoms with van der Waals surface area (Å²) >= 11 is 1.70. The van der Waals surface area contributed by atoms with E-state index in [-0.39, 0.29) is 24.3 Å². The van der Waals surface area contributed by atoms with E-state index in [0.29, 0.717) is 38.6 Å². The predicted octanol–water partition coefficient (Wildman–Crippen LogP) is 3.11. The zero-order chi connectivity index (χ0) is 22.2. The fourth-order valence-corrected chi connectivity index (χ4v) is 4.83. The van der Waals surface area contributed by atoms with Crippen LogP contribution in [0, 0.1) is 5.82 Å². The molecule has 0 radical (unpaired) electrons. The Labute approximate surface area is 187 Å². The van der Waals surface area contributed by atoms with E-state index in [1.807, 2.05) is 15.2 Å². The standard InChI is InChI=1S/C23H31FN2O4S/c1-17(27)14-25(10-3-12-29-2)15-23(28)26-11-8-22-20(9-13-31-22)21(26)16-30-19-6-4-18(24)5-7-19/h4-7,9,13,17,21,27H,3,8,10-12,14-16H2,1-2H3/t17-,21-/m0/s1. The third-order valence-corrected chi connectivity index (χ3v) is 6.34. The van der Waals surface area contributed by atoms with Crippen molar-refractivity contribution in [2.45, 2.75) is 31.9 Å². The number of aliphatic hydroxyl groups is 1. The lowest BCUT2D eigenvalue weighted by atomic mass is 10.0. The molecule has 3 rings (SSSR count). The fourth-order valence-electron chi connectivity index (χ4n) is 3.90. The number of hydrogen-bond donors (Lipinski definition) is 1. The molecule has 0 saturated carbocycles. The lowest BCUT2D eigenvalue weighted by Gasteiger charge is -2.37. The number of ether oxygens (including phenoxy) is 2. The summed E-state index contributed by atoms with van der Waals surface area (Å²) in [5.41, 5.74) is 1.12. The van der Waals surface area contributed by atoms with Gasteiger partial charge in [0.1, 0.15) is 18.2 Å². The van der Waals surface area contributed by atoms with Gasteiger partial charge in [0.05, 0.1) is 18.7 Å². The smallest absolute Gasteiger partial charge is 0.237 e. The molecule has 0 fully saturated rings. The molecule has 1 aromatic heterocycles. The molecule has 1 amide bonds. The molecule has 170 valence electrons. The molecular formula is C23H31FN2O4S. The lowest BCUT2D eigenvalue weighted by molar-refractivity contribution is -0.136. The van der Waals surface area contributed by atoms with Gasteiger partial charge in [0.25, 0.3) is 0 Å². The summed E-state index contributed by atoms with van der Waals surface area (Å²) in [5.74, 6) is 0.280. The molecular weight excluding hydrogens is 419 g/mol. The van der Waals surface area contributed by atoms with Crippen LogP contribution in [0.4, 0.5) is 4.39 Å². The first kappa shape index (κ1) is 23.7. The summed E-state index contributed by atoms with van der Waals surface area (Å²) in [5, 5.41) is 11.9. The average Bonchev–Trinajstić information content (AvgIpc) is 3.22.